The molecule has 0 radical (unpaired) electrons. The predicted octanol–water partition coefficient (Wildman–Crippen LogP) is 1.37. The van der Waals surface area contributed by atoms with Gasteiger partial charge in [0.05, 0.1) is 11.9 Å². The van der Waals surface area contributed by atoms with Crippen LogP contribution in [0.25, 0.3) is 0 Å². The van der Waals surface area contributed by atoms with Crippen molar-refractivity contribution in [3.05, 3.63) is 53.9 Å². The second-order valence-electron chi connectivity index (χ2n) is 6.07. The molecule has 27 heavy (non-hydrogen) atoms. The molecule has 8 heteroatoms. The lowest BCUT2D eigenvalue weighted by molar-refractivity contribution is -0.121. The molecule has 0 saturated carbocycles. The maximum absolute atomic E-state index is 12.7. The van der Waals surface area contributed by atoms with Crippen LogP contribution in [-0.2, 0) is 16.1 Å². The van der Waals surface area contributed by atoms with E-state index < -0.39 is 0 Å². The van der Waals surface area contributed by atoms with Crippen LogP contribution in [0, 0.1) is 6.92 Å². The molecule has 2 heterocycles. The van der Waals surface area contributed by atoms with Gasteiger partial charge in [0, 0.05) is 58.4 Å². The Morgan fingerprint density at radius 2 is 2.04 bits per heavy atom. The molecule has 0 aliphatic carbocycles. The normalized spacial score (nSPS) is 10.4. The zero-order chi connectivity index (χ0) is 19.5. The lowest BCUT2D eigenvalue weighted by Gasteiger charge is -2.22. The number of hydrogen-bond acceptors (Lipinski definition) is 6. The summed E-state index contributed by atoms with van der Waals surface area (Å²) >= 11 is 0. The van der Waals surface area contributed by atoms with Gasteiger partial charge < -0.3 is 15.0 Å². The predicted molar refractivity (Wildman–Crippen MR) is 99.9 cm³/mol. The average Bonchev–Trinajstić information content (AvgIpc) is 2.70. The lowest BCUT2D eigenvalue weighted by atomic mass is 10.2. The molecule has 144 valence electrons. The third kappa shape index (κ3) is 7.10. The molecule has 0 unspecified atom stereocenters. The van der Waals surface area contributed by atoms with Crippen LogP contribution in [0.3, 0.4) is 0 Å². The Balaban J connectivity index is 1.89. The molecule has 0 fully saturated rings. The summed E-state index contributed by atoms with van der Waals surface area (Å²) < 4.78 is 5.06. The minimum absolute atomic E-state index is 0.126. The molecule has 0 spiro atoms. The van der Waals surface area contributed by atoms with Crippen LogP contribution in [0.5, 0.6) is 0 Å². The molecule has 0 saturated heterocycles. The molecular weight excluding hydrogens is 346 g/mol. The van der Waals surface area contributed by atoms with Crippen LogP contribution in [-0.4, -0.2) is 58.5 Å². The molecule has 2 amide bonds. The zero-order valence-electron chi connectivity index (χ0n) is 15.7. The summed E-state index contributed by atoms with van der Waals surface area (Å²) in [7, 11) is 1.61. The van der Waals surface area contributed by atoms with Crippen molar-refractivity contribution in [2.45, 2.75) is 26.3 Å². The fourth-order valence-corrected chi connectivity index (χ4v) is 2.41. The largest absolute Gasteiger partial charge is 0.385 e. The number of nitrogens with one attached hydrogen (secondary N) is 1. The Labute approximate surface area is 159 Å². The quantitative estimate of drug-likeness (QED) is 0.634. The van der Waals surface area contributed by atoms with Gasteiger partial charge in [-0.25, -0.2) is 4.98 Å². The molecule has 0 aromatic carbocycles. The van der Waals surface area contributed by atoms with Crippen LogP contribution < -0.4 is 5.32 Å². The second kappa shape index (κ2) is 11.0. The molecule has 0 aliphatic heterocycles. The van der Waals surface area contributed by atoms with Gasteiger partial charge in [0.2, 0.25) is 5.91 Å². The van der Waals surface area contributed by atoms with Crippen molar-refractivity contribution < 1.29 is 14.3 Å². The third-order valence-electron chi connectivity index (χ3n) is 3.89. The van der Waals surface area contributed by atoms with Crippen molar-refractivity contribution in [1.82, 2.24) is 25.2 Å². The Morgan fingerprint density at radius 1 is 1.19 bits per heavy atom. The minimum atomic E-state index is -0.237. The molecule has 0 atom stereocenters. The standard InChI is InChI=1S/C19H25N5O3/c1-15-11-22-17(14-21-15)19(26)24(8-4-10-27-2)9-6-18(25)23-13-16-5-3-7-20-12-16/h3,5,7,11-12,14H,4,6,8-10,13H2,1-2H3,(H,23,25). The average molecular weight is 371 g/mol. The van der Waals surface area contributed by atoms with Gasteiger partial charge in [0.1, 0.15) is 5.69 Å². The summed E-state index contributed by atoms with van der Waals surface area (Å²) in [6, 6.07) is 3.71. The number of aryl methyl sites for hydroxylation is 1. The van der Waals surface area contributed by atoms with Crippen LogP contribution in [0.15, 0.2) is 36.9 Å². The van der Waals surface area contributed by atoms with Crippen molar-refractivity contribution in [2.75, 3.05) is 26.8 Å². The first-order valence-electron chi connectivity index (χ1n) is 8.82. The molecule has 2 rings (SSSR count). The number of carbonyl (C=O) groups excluding carboxylic acids is 2. The van der Waals surface area contributed by atoms with Crippen molar-refractivity contribution in [3.63, 3.8) is 0 Å². The first kappa shape index (κ1) is 20.4. The van der Waals surface area contributed by atoms with Gasteiger partial charge in [-0.15, -0.1) is 0 Å². The fraction of sp³-hybridized carbons (Fsp3) is 0.421. The molecule has 0 bridgehead atoms. The van der Waals surface area contributed by atoms with Crippen LogP contribution >= 0.6 is 0 Å². The summed E-state index contributed by atoms with van der Waals surface area (Å²) in [5, 5.41) is 2.84. The van der Waals surface area contributed by atoms with E-state index in [1.807, 2.05) is 19.1 Å². The van der Waals surface area contributed by atoms with Gasteiger partial charge in [0.15, 0.2) is 0 Å². The number of carbonyl (C=O) groups is 2. The zero-order valence-corrected chi connectivity index (χ0v) is 15.7. The van der Waals surface area contributed by atoms with Gasteiger partial charge in [0.25, 0.3) is 5.91 Å². The van der Waals surface area contributed by atoms with Gasteiger partial charge in [-0.3, -0.25) is 19.6 Å². The van der Waals surface area contributed by atoms with Crippen LogP contribution in [0.1, 0.15) is 34.6 Å². The van der Waals surface area contributed by atoms with Gasteiger partial charge in [-0.05, 0) is 25.0 Å². The number of methoxy groups -OCH3 is 1. The van der Waals surface area contributed by atoms with Gasteiger partial charge >= 0.3 is 0 Å². The molecular formula is C19H25N5O3. The number of nitrogens with zero attached hydrogens (tertiary/aromatic N) is 4. The van der Waals surface area contributed by atoms with Crippen molar-refractivity contribution >= 4 is 11.8 Å². The molecule has 1 N–H and O–H groups in total. The SMILES string of the molecule is COCCCN(CCC(=O)NCc1cccnc1)C(=O)c1cnc(C)cn1. The summed E-state index contributed by atoms with van der Waals surface area (Å²) in [4.78, 5) is 38.7. The number of hydrogen-bond donors (Lipinski definition) is 1. The second-order valence-corrected chi connectivity index (χ2v) is 6.07. The van der Waals surface area contributed by atoms with E-state index in [-0.39, 0.29) is 23.9 Å². The highest BCUT2D eigenvalue weighted by Gasteiger charge is 2.18. The van der Waals surface area contributed by atoms with Crippen molar-refractivity contribution in [1.29, 1.82) is 0 Å². The molecule has 0 aliphatic rings. The van der Waals surface area contributed by atoms with E-state index in [4.69, 9.17) is 4.74 Å². The number of rotatable bonds is 10. The third-order valence-corrected chi connectivity index (χ3v) is 3.89. The number of pyridine rings is 1. The smallest absolute Gasteiger partial charge is 0.274 e. The Bertz CT molecular complexity index is 722. The van der Waals surface area contributed by atoms with Crippen molar-refractivity contribution in [2.24, 2.45) is 0 Å². The maximum Gasteiger partial charge on any atom is 0.274 e. The highest BCUT2D eigenvalue weighted by atomic mass is 16.5. The molecule has 8 nitrogen and oxygen atoms in total. The number of ether oxygens (including phenoxy) is 1. The van der Waals surface area contributed by atoms with E-state index in [2.05, 4.69) is 20.3 Å². The summed E-state index contributed by atoms with van der Waals surface area (Å²) in [5.74, 6) is -0.364. The number of aromatic nitrogens is 3. The first-order valence-corrected chi connectivity index (χ1v) is 8.82. The molecule has 2 aromatic heterocycles. The topological polar surface area (TPSA) is 97.3 Å². The first-order chi connectivity index (χ1) is 13.1. The van der Waals surface area contributed by atoms with E-state index in [0.717, 1.165) is 11.3 Å². The summed E-state index contributed by atoms with van der Waals surface area (Å²) in [5.41, 5.74) is 1.94. The van der Waals surface area contributed by atoms with E-state index in [1.54, 1.807) is 30.6 Å². The maximum atomic E-state index is 12.7. The lowest BCUT2D eigenvalue weighted by Crippen LogP contribution is -2.36. The van der Waals surface area contributed by atoms with Gasteiger partial charge in [-0.1, -0.05) is 6.07 Å². The highest BCUT2D eigenvalue weighted by molar-refractivity contribution is 5.92. The Hall–Kier alpha value is -2.87. The number of amides is 2. The van der Waals surface area contributed by atoms with E-state index >= 15 is 0 Å². The van der Waals surface area contributed by atoms with E-state index in [0.29, 0.717) is 32.7 Å². The summed E-state index contributed by atoms with van der Waals surface area (Å²) in [6.07, 6.45) is 7.29. The monoisotopic (exact) mass is 371 g/mol. The van der Waals surface area contributed by atoms with Crippen LogP contribution in [0.4, 0.5) is 0 Å². The van der Waals surface area contributed by atoms with E-state index in [1.165, 1.54) is 6.20 Å². The minimum Gasteiger partial charge on any atom is -0.385 e. The van der Waals surface area contributed by atoms with Crippen molar-refractivity contribution in [3.8, 4) is 0 Å². The van der Waals surface area contributed by atoms with E-state index in [9.17, 15) is 9.59 Å². The van der Waals surface area contributed by atoms with Gasteiger partial charge in [-0.2, -0.15) is 0 Å². The fourth-order valence-electron chi connectivity index (χ4n) is 2.41. The Kier molecular flexibility index (Phi) is 8.31. The summed E-state index contributed by atoms with van der Waals surface area (Å²) in [6.45, 7) is 3.55. The highest BCUT2D eigenvalue weighted by Crippen LogP contribution is 2.05. The van der Waals surface area contributed by atoms with Crippen LogP contribution in [0.2, 0.25) is 0 Å². The Morgan fingerprint density at radius 3 is 2.70 bits per heavy atom. The molecule has 2 aromatic rings.